The number of nitriles is 1. The van der Waals surface area contributed by atoms with Crippen molar-refractivity contribution in [2.75, 3.05) is 7.05 Å². The normalized spacial score (nSPS) is 32.3. The van der Waals surface area contributed by atoms with Crippen LogP contribution in [0.4, 0.5) is 13.2 Å². The SMILES string of the molecule is CN[C@H]1CC[C@@](CC#N)(C(F)(F)F)CC1. The van der Waals surface area contributed by atoms with Crippen LogP contribution in [0.3, 0.4) is 0 Å². The smallest absolute Gasteiger partial charge is 0.317 e. The van der Waals surface area contributed by atoms with Gasteiger partial charge in [0.05, 0.1) is 11.5 Å². The maximum absolute atomic E-state index is 12.8. The molecule has 0 spiro atoms. The zero-order chi connectivity index (χ0) is 11.5. The zero-order valence-corrected chi connectivity index (χ0v) is 8.69. The molecule has 0 unspecified atom stereocenters. The molecular weight excluding hydrogens is 205 g/mol. The fourth-order valence-electron chi connectivity index (χ4n) is 2.17. The summed E-state index contributed by atoms with van der Waals surface area (Å²) in [6, 6.07) is 1.84. The van der Waals surface area contributed by atoms with Gasteiger partial charge in [-0.3, -0.25) is 0 Å². The van der Waals surface area contributed by atoms with Gasteiger partial charge in [-0.15, -0.1) is 0 Å². The Morgan fingerprint density at radius 2 is 1.93 bits per heavy atom. The molecule has 1 N–H and O–H groups in total. The molecule has 1 aliphatic carbocycles. The average molecular weight is 220 g/mol. The Bertz CT molecular complexity index is 246. The molecular formula is C10H15F3N2. The maximum atomic E-state index is 12.8. The third-order valence-corrected chi connectivity index (χ3v) is 3.37. The predicted octanol–water partition coefficient (Wildman–Crippen LogP) is 2.61. The summed E-state index contributed by atoms with van der Waals surface area (Å²) in [7, 11) is 1.76. The van der Waals surface area contributed by atoms with Crippen LogP contribution in [0.25, 0.3) is 0 Å². The molecule has 1 fully saturated rings. The highest BCUT2D eigenvalue weighted by molar-refractivity contribution is 4.98. The summed E-state index contributed by atoms with van der Waals surface area (Å²) in [5.41, 5.74) is -1.75. The largest absolute Gasteiger partial charge is 0.395 e. The van der Waals surface area contributed by atoms with E-state index in [2.05, 4.69) is 5.32 Å². The number of alkyl halides is 3. The van der Waals surface area contributed by atoms with E-state index in [-0.39, 0.29) is 18.9 Å². The molecule has 0 aliphatic heterocycles. The summed E-state index contributed by atoms with van der Waals surface area (Å²) in [5.74, 6) is 0. The standard InChI is InChI=1S/C10H15F3N2/c1-15-8-2-4-9(5-3-8,6-7-14)10(11,12)13/h8,15H,2-6H2,1H3/t8-,9+. The molecule has 0 aromatic heterocycles. The van der Waals surface area contributed by atoms with Crippen LogP contribution < -0.4 is 5.32 Å². The summed E-state index contributed by atoms with van der Waals surface area (Å²) in [5, 5.41) is 11.5. The second kappa shape index (κ2) is 4.40. The summed E-state index contributed by atoms with van der Waals surface area (Å²) in [6.45, 7) is 0. The van der Waals surface area contributed by atoms with Crippen molar-refractivity contribution >= 4 is 0 Å². The maximum Gasteiger partial charge on any atom is 0.395 e. The first-order valence-electron chi connectivity index (χ1n) is 5.06. The van der Waals surface area contributed by atoms with Gasteiger partial charge in [-0.25, -0.2) is 0 Å². The minimum atomic E-state index is -4.25. The summed E-state index contributed by atoms with van der Waals surface area (Å²) < 4.78 is 38.5. The van der Waals surface area contributed by atoms with E-state index >= 15 is 0 Å². The number of halogens is 3. The summed E-state index contributed by atoms with van der Waals surface area (Å²) in [6.07, 6.45) is -3.53. The van der Waals surface area contributed by atoms with Gasteiger partial charge in [-0.1, -0.05) is 0 Å². The van der Waals surface area contributed by atoms with E-state index in [9.17, 15) is 13.2 Å². The van der Waals surface area contributed by atoms with Gasteiger partial charge in [0.2, 0.25) is 0 Å². The first kappa shape index (κ1) is 12.3. The van der Waals surface area contributed by atoms with Gasteiger partial charge < -0.3 is 5.32 Å². The Morgan fingerprint density at radius 1 is 1.40 bits per heavy atom. The van der Waals surface area contributed by atoms with Gasteiger partial charge in [0.15, 0.2) is 0 Å². The fourth-order valence-corrected chi connectivity index (χ4v) is 2.17. The Hall–Kier alpha value is -0.760. The quantitative estimate of drug-likeness (QED) is 0.776. The van der Waals surface area contributed by atoms with Crippen LogP contribution in [0.1, 0.15) is 32.1 Å². The molecule has 1 rings (SSSR count). The Labute approximate surface area is 87.5 Å². The van der Waals surface area contributed by atoms with Crippen LogP contribution in [-0.2, 0) is 0 Å². The molecule has 86 valence electrons. The highest BCUT2D eigenvalue weighted by Crippen LogP contribution is 2.51. The van der Waals surface area contributed by atoms with E-state index in [0.717, 1.165) is 0 Å². The third-order valence-electron chi connectivity index (χ3n) is 3.37. The van der Waals surface area contributed by atoms with E-state index < -0.39 is 18.0 Å². The molecule has 5 heteroatoms. The van der Waals surface area contributed by atoms with Crippen molar-refractivity contribution in [3.05, 3.63) is 0 Å². The second-order valence-corrected chi connectivity index (χ2v) is 4.18. The van der Waals surface area contributed by atoms with Crippen molar-refractivity contribution in [1.82, 2.24) is 5.32 Å². The molecule has 0 bridgehead atoms. The lowest BCUT2D eigenvalue weighted by molar-refractivity contribution is -0.233. The molecule has 0 aromatic rings. The topological polar surface area (TPSA) is 35.8 Å². The van der Waals surface area contributed by atoms with Gasteiger partial charge in [-0.05, 0) is 32.7 Å². The number of nitrogens with zero attached hydrogens (tertiary/aromatic N) is 1. The molecule has 15 heavy (non-hydrogen) atoms. The lowest BCUT2D eigenvalue weighted by atomic mass is 9.70. The van der Waals surface area contributed by atoms with Crippen molar-refractivity contribution in [3.8, 4) is 6.07 Å². The molecule has 0 aromatic carbocycles. The van der Waals surface area contributed by atoms with E-state index in [1.807, 2.05) is 0 Å². The van der Waals surface area contributed by atoms with Gasteiger partial charge in [0.25, 0.3) is 0 Å². The highest BCUT2D eigenvalue weighted by Gasteiger charge is 2.55. The number of nitrogens with one attached hydrogen (secondary N) is 1. The van der Waals surface area contributed by atoms with Gasteiger partial charge >= 0.3 is 6.18 Å². The number of hydrogen-bond donors (Lipinski definition) is 1. The van der Waals surface area contributed by atoms with Crippen molar-refractivity contribution in [2.45, 2.75) is 44.3 Å². The van der Waals surface area contributed by atoms with Gasteiger partial charge in [0, 0.05) is 12.5 Å². The number of rotatable bonds is 2. The van der Waals surface area contributed by atoms with Crippen molar-refractivity contribution in [3.63, 3.8) is 0 Å². The molecule has 0 radical (unpaired) electrons. The monoisotopic (exact) mass is 220 g/mol. The first-order valence-corrected chi connectivity index (χ1v) is 5.06. The Kier molecular flexibility index (Phi) is 3.61. The Balaban J connectivity index is 2.75. The van der Waals surface area contributed by atoms with Crippen LogP contribution in [0.15, 0.2) is 0 Å². The van der Waals surface area contributed by atoms with Crippen LogP contribution >= 0.6 is 0 Å². The summed E-state index contributed by atoms with van der Waals surface area (Å²) >= 11 is 0. The lowest BCUT2D eigenvalue weighted by Crippen LogP contribution is -2.44. The van der Waals surface area contributed by atoms with E-state index in [1.54, 1.807) is 13.1 Å². The van der Waals surface area contributed by atoms with Crippen molar-refractivity contribution in [2.24, 2.45) is 5.41 Å². The molecule has 2 nitrogen and oxygen atoms in total. The Morgan fingerprint density at radius 3 is 2.27 bits per heavy atom. The van der Waals surface area contributed by atoms with Crippen LogP contribution in [0.5, 0.6) is 0 Å². The second-order valence-electron chi connectivity index (χ2n) is 4.18. The molecule has 0 atom stereocenters. The van der Waals surface area contributed by atoms with Crippen LogP contribution in [0.2, 0.25) is 0 Å². The molecule has 0 amide bonds. The minimum Gasteiger partial charge on any atom is -0.317 e. The molecule has 1 saturated carbocycles. The van der Waals surface area contributed by atoms with E-state index in [1.165, 1.54) is 0 Å². The molecule has 1 aliphatic rings. The molecule has 0 saturated heterocycles. The minimum absolute atomic E-state index is 0.0650. The fraction of sp³-hybridized carbons (Fsp3) is 0.900. The van der Waals surface area contributed by atoms with Gasteiger partial charge in [-0.2, -0.15) is 18.4 Å². The van der Waals surface area contributed by atoms with E-state index in [0.29, 0.717) is 12.8 Å². The average Bonchev–Trinajstić information content (AvgIpc) is 2.18. The molecule has 0 heterocycles. The van der Waals surface area contributed by atoms with Gasteiger partial charge in [0.1, 0.15) is 0 Å². The zero-order valence-electron chi connectivity index (χ0n) is 8.69. The highest BCUT2D eigenvalue weighted by atomic mass is 19.4. The van der Waals surface area contributed by atoms with E-state index in [4.69, 9.17) is 5.26 Å². The van der Waals surface area contributed by atoms with Crippen LogP contribution in [0, 0.1) is 16.7 Å². The summed E-state index contributed by atoms with van der Waals surface area (Å²) in [4.78, 5) is 0. The van der Waals surface area contributed by atoms with Crippen LogP contribution in [-0.4, -0.2) is 19.3 Å². The first-order chi connectivity index (χ1) is 6.95. The third kappa shape index (κ3) is 2.43. The number of hydrogen-bond acceptors (Lipinski definition) is 2. The van der Waals surface area contributed by atoms with Crippen molar-refractivity contribution in [1.29, 1.82) is 5.26 Å². The lowest BCUT2D eigenvalue weighted by Gasteiger charge is -2.39. The van der Waals surface area contributed by atoms with Crippen molar-refractivity contribution < 1.29 is 13.2 Å². The predicted molar refractivity (Wildman–Crippen MR) is 50.0 cm³/mol.